The number of hydrogen-bond donors (Lipinski definition) is 1. The number of hydrogen-bond acceptors (Lipinski definition) is 4. The molecule has 1 unspecified atom stereocenters. The second kappa shape index (κ2) is 3.93. The van der Waals surface area contributed by atoms with Gasteiger partial charge >= 0.3 is 0 Å². The van der Waals surface area contributed by atoms with E-state index >= 15 is 0 Å². The van der Waals surface area contributed by atoms with Crippen LogP contribution in [0.15, 0.2) is 4.42 Å². The van der Waals surface area contributed by atoms with Crippen molar-refractivity contribution in [3.63, 3.8) is 0 Å². The topological polar surface area (TPSA) is 51.0 Å². The predicted octanol–water partition coefficient (Wildman–Crippen LogP) is 1.80. The molecule has 1 N–H and O–H groups in total. The lowest BCUT2D eigenvalue weighted by molar-refractivity contribution is 0.397. The maximum atomic E-state index is 5.79. The van der Waals surface area contributed by atoms with Gasteiger partial charge < -0.3 is 9.73 Å². The summed E-state index contributed by atoms with van der Waals surface area (Å²) < 4.78 is 5.79. The minimum absolute atomic E-state index is 0.452. The first-order chi connectivity index (χ1) is 7.43. The highest BCUT2D eigenvalue weighted by molar-refractivity contribution is 4.99. The van der Waals surface area contributed by atoms with Gasteiger partial charge in [0.15, 0.2) is 0 Å². The molecule has 2 aliphatic rings. The van der Waals surface area contributed by atoms with Crippen LogP contribution < -0.4 is 5.32 Å². The molecule has 3 rings (SSSR count). The molecule has 4 nitrogen and oxygen atoms in total. The maximum Gasteiger partial charge on any atom is 0.220 e. The van der Waals surface area contributed by atoms with Crippen molar-refractivity contribution in [2.24, 2.45) is 0 Å². The minimum atomic E-state index is 0.452. The van der Waals surface area contributed by atoms with E-state index in [1.165, 1.54) is 25.7 Å². The summed E-state index contributed by atoms with van der Waals surface area (Å²) >= 11 is 0. The highest BCUT2D eigenvalue weighted by atomic mass is 16.4. The first-order valence-corrected chi connectivity index (χ1v) is 5.97. The van der Waals surface area contributed by atoms with Crippen LogP contribution in [0, 0.1) is 0 Å². The molecular weight excluding hydrogens is 190 g/mol. The summed E-state index contributed by atoms with van der Waals surface area (Å²) in [6.07, 6.45) is 6.21. The molecule has 1 saturated carbocycles. The Labute approximate surface area is 89.5 Å². The Morgan fingerprint density at radius 3 is 2.40 bits per heavy atom. The average molecular weight is 207 g/mol. The summed E-state index contributed by atoms with van der Waals surface area (Å²) in [5, 5.41) is 11.7. The smallest absolute Gasteiger partial charge is 0.220 e. The van der Waals surface area contributed by atoms with Crippen LogP contribution >= 0.6 is 0 Å². The first kappa shape index (κ1) is 9.33. The van der Waals surface area contributed by atoms with Crippen LogP contribution in [0.4, 0.5) is 0 Å². The van der Waals surface area contributed by atoms with E-state index in [4.69, 9.17) is 4.42 Å². The van der Waals surface area contributed by atoms with Crippen LogP contribution in [0.5, 0.6) is 0 Å². The number of aromatic nitrogens is 2. The van der Waals surface area contributed by atoms with Crippen molar-refractivity contribution in [2.75, 3.05) is 13.1 Å². The van der Waals surface area contributed by atoms with Gasteiger partial charge in [0.05, 0.1) is 5.92 Å². The molecule has 2 heterocycles. The fourth-order valence-electron chi connectivity index (χ4n) is 2.61. The molecule has 4 heteroatoms. The van der Waals surface area contributed by atoms with Gasteiger partial charge in [-0.05, 0) is 25.8 Å². The third-order valence-electron chi connectivity index (χ3n) is 3.57. The lowest BCUT2D eigenvalue weighted by Crippen LogP contribution is -2.08. The van der Waals surface area contributed by atoms with Gasteiger partial charge in [-0.1, -0.05) is 12.8 Å². The van der Waals surface area contributed by atoms with Gasteiger partial charge in [0.2, 0.25) is 11.8 Å². The van der Waals surface area contributed by atoms with Gasteiger partial charge in [0.1, 0.15) is 0 Å². The minimum Gasteiger partial charge on any atom is -0.425 e. The molecule has 1 atom stereocenters. The largest absolute Gasteiger partial charge is 0.425 e. The molecule has 0 amide bonds. The van der Waals surface area contributed by atoms with Crippen LogP contribution in [0.2, 0.25) is 0 Å². The van der Waals surface area contributed by atoms with E-state index < -0.39 is 0 Å². The SMILES string of the molecule is C1CCC(c2nnc(C3CCNC3)o2)C1. The predicted molar refractivity (Wildman–Crippen MR) is 55.7 cm³/mol. The highest BCUT2D eigenvalue weighted by Crippen LogP contribution is 2.34. The molecule has 1 aliphatic carbocycles. The molecule has 0 radical (unpaired) electrons. The van der Waals surface area contributed by atoms with Crippen molar-refractivity contribution >= 4 is 0 Å². The molecular formula is C11H17N3O. The lowest BCUT2D eigenvalue weighted by Gasteiger charge is -2.02. The number of nitrogens with zero attached hydrogens (tertiary/aromatic N) is 2. The Morgan fingerprint density at radius 2 is 1.73 bits per heavy atom. The fraction of sp³-hybridized carbons (Fsp3) is 0.818. The van der Waals surface area contributed by atoms with Gasteiger partial charge in [0, 0.05) is 12.5 Å². The van der Waals surface area contributed by atoms with Gasteiger partial charge in [-0.3, -0.25) is 0 Å². The summed E-state index contributed by atoms with van der Waals surface area (Å²) in [5.74, 6) is 2.73. The molecule has 1 aromatic rings. The van der Waals surface area contributed by atoms with Gasteiger partial charge in [-0.15, -0.1) is 10.2 Å². The zero-order valence-electron chi connectivity index (χ0n) is 8.91. The zero-order chi connectivity index (χ0) is 10.1. The molecule has 82 valence electrons. The number of nitrogens with one attached hydrogen (secondary N) is 1. The molecule has 0 spiro atoms. The Kier molecular flexibility index (Phi) is 2.44. The summed E-state index contributed by atoms with van der Waals surface area (Å²) in [5.41, 5.74) is 0. The Morgan fingerprint density at radius 1 is 1.00 bits per heavy atom. The van der Waals surface area contributed by atoms with Crippen LogP contribution in [0.3, 0.4) is 0 Å². The van der Waals surface area contributed by atoms with Crippen molar-refractivity contribution in [3.8, 4) is 0 Å². The van der Waals surface area contributed by atoms with E-state index in [9.17, 15) is 0 Å². The van der Waals surface area contributed by atoms with Crippen molar-refractivity contribution in [3.05, 3.63) is 11.8 Å². The third kappa shape index (κ3) is 1.78. The van der Waals surface area contributed by atoms with Crippen LogP contribution in [-0.4, -0.2) is 23.3 Å². The molecule has 2 fully saturated rings. The maximum absolute atomic E-state index is 5.79. The van der Waals surface area contributed by atoms with Crippen LogP contribution in [0.25, 0.3) is 0 Å². The standard InChI is InChI=1S/C11H17N3O/c1-2-4-8(3-1)10-13-14-11(15-10)9-5-6-12-7-9/h8-9,12H,1-7H2. The third-order valence-corrected chi connectivity index (χ3v) is 3.57. The Hall–Kier alpha value is -0.900. The van der Waals surface area contributed by atoms with E-state index in [1.807, 2.05) is 0 Å². The second-order valence-corrected chi connectivity index (χ2v) is 4.65. The van der Waals surface area contributed by atoms with E-state index in [0.717, 1.165) is 31.3 Å². The molecule has 1 aromatic heterocycles. The summed E-state index contributed by atoms with van der Waals surface area (Å²) in [6.45, 7) is 2.07. The molecule has 0 bridgehead atoms. The van der Waals surface area contributed by atoms with Crippen molar-refractivity contribution < 1.29 is 4.42 Å². The van der Waals surface area contributed by atoms with Crippen LogP contribution in [-0.2, 0) is 0 Å². The average Bonchev–Trinajstić information content (AvgIpc) is 3.02. The Bertz CT molecular complexity index is 294. The van der Waals surface area contributed by atoms with E-state index in [2.05, 4.69) is 15.5 Å². The summed E-state index contributed by atoms with van der Waals surface area (Å²) in [7, 11) is 0. The normalized spacial score (nSPS) is 27.6. The quantitative estimate of drug-likeness (QED) is 0.803. The van der Waals surface area contributed by atoms with E-state index in [1.54, 1.807) is 0 Å². The van der Waals surface area contributed by atoms with Crippen LogP contribution in [0.1, 0.15) is 55.7 Å². The molecule has 0 aromatic carbocycles. The van der Waals surface area contributed by atoms with Gasteiger partial charge in [0.25, 0.3) is 0 Å². The second-order valence-electron chi connectivity index (χ2n) is 4.65. The molecule has 1 aliphatic heterocycles. The summed E-state index contributed by atoms with van der Waals surface area (Å²) in [6, 6.07) is 0. The zero-order valence-corrected chi connectivity index (χ0v) is 8.91. The summed E-state index contributed by atoms with van der Waals surface area (Å²) in [4.78, 5) is 0. The Balaban J connectivity index is 1.74. The lowest BCUT2D eigenvalue weighted by atomic mass is 10.1. The first-order valence-electron chi connectivity index (χ1n) is 5.97. The monoisotopic (exact) mass is 207 g/mol. The van der Waals surface area contributed by atoms with Crippen molar-refractivity contribution in [1.29, 1.82) is 0 Å². The highest BCUT2D eigenvalue weighted by Gasteiger charge is 2.26. The van der Waals surface area contributed by atoms with Gasteiger partial charge in [-0.2, -0.15) is 0 Å². The molecule has 1 saturated heterocycles. The fourth-order valence-corrected chi connectivity index (χ4v) is 2.61. The van der Waals surface area contributed by atoms with E-state index in [-0.39, 0.29) is 0 Å². The van der Waals surface area contributed by atoms with E-state index in [0.29, 0.717) is 11.8 Å². The number of rotatable bonds is 2. The van der Waals surface area contributed by atoms with Crippen molar-refractivity contribution in [1.82, 2.24) is 15.5 Å². The van der Waals surface area contributed by atoms with Gasteiger partial charge in [-0.25, -0.2) is 0 Å². The van der Waals surface area contributed by atoms with Crippen molar-refractivity contribution in [2.45, 2.75) is 43.9 Å². The molecule has 15 heavy (non-hydrogen) atoms.